The molecule has 4 aliphatic rings. The van der Waals surface area contributed by atoms with Gasteiger partial charge in [-0.25, -0.2) is 9.78 Å². The third-order valence-corrected chi connectivity index (χ3v) is 9.77. The van der Waals surface area contributed by atoms with Crippen LogP contribution in [-0.2, 0) is 19.1 Å². The Hall–Kier alpha value is -3.86. The van der Waals surface area contributed by atoms with Crippen molar-refractivity contribution in [3.05, 3.63) is 36.4 Å². The summed E-state index contributed by atoms with van der Waals surface area (Å²) >= 11 is 0. The van der Waals surface area contributed by atoms with Crippen molar-refractivity contribution in [1.29, 1.82) is 0 Å². The SMILES string of the molecule is CCOc1cc(OC2CC3C(=O)NC4(C(=O)O)CC4/C=C/CCCCCC(OC4CCCC4)C(=O)N3C2)c2ccc(OC)cc2n1. The first-order valence-corrected chi connectivity index (χ1v) is 16.8. The number of hydrogen-bond donors (Lipinski definition) is 2. The van der Waals surface area contributed by atoms with Crippen LogP contribution in [-0.4, -0.2) is 82.9 Å². The Morgan fingerprint density at radius 3 is 2.65 bits per heavy atom. The molecule has 46 heavy (non-hydrogen) atoms. The lowest BCUT2D eigenvalue weighted by Crippen LogP contribution is -2.54. The normalized spacial score (nSPS) is 29.7. The second kappa shape index (κ2) is 13.9. The van der Waals surface area contributed by atoms with Gasteiger partial charge < -0.3 is 34.3 Å². The van der Waals surface area contributed by atoms with Crippen molar-refractivity contribution in [2.45, 2.75) is 107 Å². The summed E-state index contributed by atoms with van der Waals surface area (Å²) in [6, 6.07) is 6.31. The van der Waals surface area contributed by atoms with Gasteiger partial charge in [0.25, 0.3) is 5.91 Å². The van der Waals surface area contributed by atoms with Gasteiger partial charge in [0.2, 0.25) is 11.8 Å². The summed E-state index contributed by atoms with van der Waals surface area (Å²) < 4.78 is 24.1. The number of aromatic nitrogens is 1. The summed E-state index contributed by atoms with van der Waals surface area (Å²) in [5.41, 5.74) is -0.739. The zero-order valence-corrected chi connectivity index (χ0v) is 26.7. The second-order valence-corrected chi connectivity index (χ2v) is 12.9. The first-order valence-electron chi connectivity index (χ1n) is 16.8. The number of allylic oxidation sites excluding steroid dienone is 1. The smallest absolute Gasteiger partial charge is 0.330 e. The molecule has 2 saturated carbocycles. The van der Waals surface area contributed by atoms with Crippen molar-refractivity contribution in [3.63, 3.8) is 0 Å². The van der Waals surface area contributed by atoms with Gasteiger partial charge in [-0.1, -0.05) is 37.8 Å². The summed E-state index contributed by atoms with van der Waals surface area (Å²) in [7, 11) is 1.59. The lowest BCUT2D eigenvalue weighted by atomic mass is 10.1. The van der Waals surface area contributed by atoms with E-state index in [9.17, 15) is 19.5 Å². The maximum atomic E-state index is 14.3. The van der Waals surface area contributed by atoms with Crippen LogP contribution in [0, 0.1) is 5.92 Å². The van der Waals surface area contributed by atoms with Crippen LogP contribution in [0.25, 0.3) is 10.9 Å². The molecule has 1 saturated heterocycles. The topological polar surface area (TPSA) is 137 Å². The van der Waals surface area contributed by atoms with E-state index in [0.29, 0.717) is 42.3 Å². The van der Waals surface area contributed by atoms with Crippen molar-refractivity contribution in [2.24, 2.45) is 5.92 Å². The highest BCUT2D eigenvalue weighted by Crippen LogP contribution is 2.45. The number of carbonyl (C=O) groups is 3. The van der Waals surface area contributed by atoms with Crippen LogP contribution in [0.2, 0.25) is 0 Å². The molecule has 5 unspecified atom stereocenters. The molecule has 1 aromatic carbocycles. The third kappa shape index (κ3) is 6.79. The number of carboxylic acids is 1. The number of hydrogen-bond acceptors (Lipinski definition) is 8. The lowest BCUT2D eigenvalue weighted by Gasteiger charge is -2.30. The highest BCUT2D eigenvalue weighted by Gasteiger charge is 2.61. The fraction of sp³-hybridized carbons (Fsp3) is 0.600. The molecule has 2 N–H and O–H groups in total. The van der Waals surface area contributed by atoms with Crippen LogP contribution in [0.4, 0.5) is 0 Å². The average Bonchev–Trinajstić information content (AvgIpc) is 3.33. The van der Waals surface area contributed by atoms with Crippen LogP contribution >= 0.6 is 0 Å². The summed E-state index contributed by atoms with van der Waals surface area (Å²) in [6.45, 7) is 2.45. The highest BCUT2D eigenvalue weighted by molar-refractivity contribution is 5.95. The van der Waals surface area contributed by atoms with Gasteiger partial charge in [0.05, 0.1) is 31.9 Å². The number of nitrogens with zero attached hydrogens (tertiary/aromatic N) is 2. The van der Waals surface area contributed by atoms with E-state index in [4.69, 9.17) is 18.9 Å². The Morgan fingerprint density at radius 2 is 1.89 bits per heavy atom. The zero-order chi connectivity index (χ0) is 32.3. The molecular weight excluding hydrogens is 590 g/mol. The molecule has 248 valence electrons. The minimum atomic E-state index is -1.37. The van der Waals surface area contributed by atoms with Crippen LogP contribution in [0.1, 0.15) is 77.6 Å². The Balaban J connectivity index is 1.31. The number of fused-ring (bicyclic) bond motifs is 3. The monoisotopic (exact) mass is 635 g/mol. The van der Waals surface area contributed by atoms with Gasteiger partial charge in [0.15, 0.2) is 0 Å². The van der Waals surface area contributed by atoms with Crippen molar-refractivity contribution < 1.29 is 38.4 Å². The number of nitrogens with one attached hydrogen (secondary N) is 1. The zero-order valence-electron chi connectivity index (χ0n) is 26.7. The predicted molar refractivity (Wildman–Crippen MR) is 170 cm³/mol. The molecule has 6 rings (SSSR count). The maximum absolute atomic E-state index is 14.3. The van der Waals surface area contributed by atoms with Crippen molar-refractivity contribution in [3.8, 4) is 17.4 Å². The number of carboxylic acid groups (broad SMARTS) is 1. The van der Waals surface area contributed by atoms with Gasteiger partial charge in [-0.2, -0.15) is 0 Å². The Morgan fingerprint density at radius 1 is 1.09 bits per heavy atom. The maximum Gasteiger partial charge on any atom is 0.330 e. The molecule has 2 aliphatic carbocycles. The molecule has 3 heterocycles. The largest absolute Gasteiger partial charge is 0.497 e. The van der Waals surface area contributed by atoms with Gasteiger partial charge in [0.1, 0.15) is 35.3 Å². The van der Waals surface area contributed by atoms with E-state index in [1.54, 1.807) is 24.1 Å². The lowest BCUT2D eigenvalue weighted by molar-refractivity contribution is -0.153. The Labute approximate surface area is 269 Å². The van der Waals surface area contributed by atoms with Gasteiger partial charge in [-0.15, -0.1) is 0 Å². The summed E-state index contributed by atoms with van der Waals surface area (Å²) in [5, 5.41) is 13.7. The number of amides is 2. The van der Waals surface area contributed by atoms with Crippen LogP contribution in [0.15, 0.2) is 36.4 Å². The van der Waals surface area contributed by atoms with E-state index in [0.717, 1.165) is 56.8 Å². The first-order chi connectivity index (χ1) is 22.3. The molecule has 2 aliphatic heterocycles. The van der Waals surface area contributed by atoms with Gasteiger partial charge >= 0.3 is 5.97 Å². The number of carbonyl (C=O) groups excluding carboxylic acids is 2. The number of benzene rings is 1. The highest BCUT2D eigenvalue weighted by atomic mass is 16.5. The van der Waals surface area contributed by atoms with E-state index < -0.39 is 35.7 Å². The molecule has 11 heteroatoms. The number of aliphatic carboxylic acids is 1. The fourth-order valence-corrected chi connectivity index (χ4v) is 7.14. The van der Waals surface area contributed by atoms with E-state index in [2.05, 4.69) is 10.3 Å². The number of ether oxygens (including phenoxy) is 4. The summed E-state index contributed by atoms with van der Waals surface area (Å²) in [5.74, 6) is -0.511. The van der Waals surface area contributed by atoms with Crippen molar-refractivity contribution in [2.75, 3.05) is 20.3 Å². The molecule has 0 bridgehead atoms. The summed E-state index contributed by atoms with van der Waals surface area (Å²) in [4.78, 5) is 46.9. The molecule has 5 atom stereocenters. The van der Waals surface area contributed by atoms with Crippen molar-refractivity contribution in [1.82, 2.24) is 15.2 Å². The van der Waals surface area contributed by atoms with Crippen LogP contribution < -0.4 is 19.5 Å². The molecule has 0 spiro atoms. The first kappa shape index (κ1) is 32.1. The molecule has 1 aromatic heterocycles. The molecule has 3 fully saturated rings. The molecule has 11 nitrogen and oxygen atoms in total. The summed E-state index contributed by atoms with van der Waals surface area (Å²) in [6.07, 6.45) is 11.4. The predicted octanol–water partition coefficient (Wildman–Crippen LogP) is 4.80. The quantitative estimate of drug-likeness (QED) is 0.392. The van der Waals surface area contributed by atoms with E-state index in [1.807, 2.05) is 31.2 Å². The number of methoxy groups -OCH3 is 1. The molecule has 0 radical (unpaired) electrons. The number of pyridine rings is 1. The minimum Gasteiger partial charge on any atom is -0.497 e. The van der Waals surface area contributed by atoms with E-state index in [1.165, 1.54) is 0 Å². The fourth-order valence-electron chi connectivity index (χ4n) is 7.14. The standard InChI is InChI=1S/C35H45N3O8/c1-3-44-31-19-30(26-16-15-24(43-2)17-27(26)36-31)46-25-18-28-32(39)37-35(34(41)42)20-22(35)11-7-5-4-6-8-14-29(33(40)38(28)21-25)45-23-12-9-10-13-23/h7,11,15-17,19,22-23,25,28-29H,3-6,8-10,12-14,18,20-21H2,1-2H3,(H,37,39)(H,41,42)/b11-7+. The van der Waals surface area contributed by atoms with Gasteiger partial charge in [-0.3, -0.25) is 9.59 Å². The second-order valence-electron chi connectivity index (χ2n) is 12.9. The number of rotatable bonds is 8. The average molecular weight is 636 g/mol. The third-order valence-electron chi connectivity index (χ3n) is 9.77. The van der Waals surface area contributed by atoms with Gasteiger partial charge in [0, 0.05) is 29.9 Å². The van der Waals surface area contributed by atoms with Gasteiger partial charge in [-0.05, 0) is 57.6 Å². The molecule has 2 amide bonds. The molecular formula is C35H45N3O8. The van der Waals surface area contributed by atoms with Crippen LogP contribution in [0.3, 0.4) is 0 Å². The Kier molecular flexibility index (Phi) is 9.67. The van der Waals surface area contributed by atoms with E-state index >= 15 is 0 Å². The van der Waals surface area contributed by atoms with Crippen LogP contribution in [0.5, 0.6) is 17.4 Å². The van der Waals surface area contributed by atoms with Crippen molar-refractivity contribution >= 4 is 28.7 Å². The molecule has 2 aromatic rings. The Bertz CT molecular complexity index is 1470. The minimum absolute atomic E-state index is 0.0283. The van der Waals surface area contributed by atoms with E-state index in [-0.39, 0.29) is 30.9 Å².